The van der Waals surface area contributed by atoms with Crippen molar-refractivity contribution in [3.8, 4) is 0 Å². The normalized spacial score (nSPS) is 11.1. The number of halogens is 2. The van der Waals surface area contributed by atoms with Gasteiger partial charge in [0, 0.05) is 38.0 Å². The topological polar surface area (TPSA) is 67.1 Å². The Labute approximate surface area is 175 Å². The first kappa shape index (κ1) is 22.7. The molecule has 0 aliphatic rings. The highest BCUT2D eigenvalue weighted by molar-refractivity contribution is 14.0. The van der Waals surface area contributed by atoms with Gasteiger partial charge in [-0.1, -0.05) is 6.92 Å². The Morgan fingerprint density at radius 1 is 1.23 bits per heavy atom. The highest BCUT2D eigenvalue weighted by Gasteiger charge is 2.02. The molecule has 9 heteroatoms. The number of nitrogens with one attached hydrogen (secondary N) is 2. The molecule has 6 nitrogen and oxygen atoms in total. The van der Waals surface area contributed by atoms with E-state index in [1.54, 1.807) is 25.1 Å². The van der Waals surface area contributed by atoms with Crippen molar-refractivity contribution < 1.29 is 4.39 Å². The number of rotatable bonds is 9. The van der Waals surface area contributed by atoms with Crippen LogP contribution in [0, 0.1) is 5.82 Å². The maximum absolute atomic E-state index is 12.8. The number of hydrogen-bond donors (Lipinski definition) is 2. The zero-order chi connectivity index (χ0) is 17.9. The van der Waals surface area contributed by atoms with Crippen molar-refractivity contribution in [1.82, 2.24) is 25.4 Å². The van der Waals surface area contributed by atoms with Gasteiger partial charge >= 0.3 is 0 Å². The monoisotopic (exact) mass is 492 g/mol. The van der Waals surface area contributed by atoms with E-state index >= 15 is 0 Å². The van der Waals surface area contributed by atoms with Gasteiger partial charge in [0.2, 0.25) is 0 Å². The molecule has 0 fully saturated rings. The summed E-state index contributed by atoms with van der Waals surface area (Å²) < 4.78 is 14.9. The molecular weight excluding hydrogens is 466 g/mol. The molecule has 144 valence electrons. The second-order valence-electron chi connectivity index (χ2n) is 5.38. The number of benzene rings is 1. The largest absolute Gasteiger partial charge is 0.356 e. The fourth-order valence-electron chi connectivity index (χ4n) is 2.25. The molecule has 0 radical (unpaired) electrons. The molecule has 0 spiro atoms. The first-order valence-corrected chi connectivity index (χ1v) is 9.41. The molecule has 0 saturated heterocycles. The summed E-state index contributed by atoms with van der Waals surface area (Å²) in [4.78, 5) is 5.31. The van der Waals surface area contributed by atoms with E-state index in [0.717, 1.165) is 54.9 Å². The second-order valence-corrected chi connectivity index (χ2v) is 6.54. The van der Waals surface area contributed by atoms with Crippen LogP contribution in [0.3, 0.4) is 0 Å². The molecule has 2 N–H and O–H groups in total. The lowest BCUT2D eigenvalue weighted by atomic mass is 10.4. The van der Waals surface area contributed by atoms with E-state index in [4.69, 9.17) is 0 Å². The summed E-state index contributed by atoms with van der Waals surface area (Å²) in [6.45, 7) is 4.46. The summed E-state index contributed by atoms with van der Waals surface area (Å²) in [5.41, 5.74) is 0. The van der Waals surface area contributed by atoms with Crippen molar-refractivity contribution in [3.05, 3.63) is 42.2 Å². The van der Waals surface area contributed by atoms with Gasteiger partial charge in [0.05, 0.1) is 0 Å². The second kappa shape index (κ2) is 12.9. The van der Waals surface area contributed by atoms with Crippen LogP contribution < -0.4 is 10.6 Å². The average molecular weight is 492 g/mol. The predicted octanol–water partition coefficient (Wildman–Crippen LogP) is 2.95. The van der Waals surface area contributed by atoms with Crippen LogP contribution in [0.2, 0.25) is 0 Å². The maximum atomic E-state index is 12.8. The van der Waals surface area contributed by atoms with Gasteiger partial charge in [-0.3, -0.25) is 4.99 Å². The number of aliphatic imine (C=N–C) groups is 1. The van der Waals surface area contributed by atoms with Crippen LogP contribution in [-0.2, 0) is 13.0 Å². The molecule has 0 unspecified atom stereocenters. The molecule has 0 aliphatic carbocycles. The minimum absolute atomic E-state index is 0. The molecule has 0 atom stereocenters. The van der Waals surface area contributed by atoms with E-state index in [-0.39, 0.29) is 29.8 Å². The zero-order valence-electron chi connectivity index (χ0n) is 15.1. The Balaban J connectivity index is 0.00000338. The lowest BCUT2D eigenvalue weighted by Gasteiger charge is -2.12. The molecule has 2 rings (SSSR count). The number of thioether (sulfide) groups is 1. The molecule has 0 amide bonds. The molecular formula is C17H26FIN6S. The van der Waals surface area contributed by atoms with E-state index < -0.39 is 0 Å². The van der Waals surface area contributed by atoms with Crippen LogP contribution in [0.5, 0.6) is 0 Å². The van der Waals surface area contributed by atoms with Crippen LogP contribution in [0.15, 0.2) is 40.5 Å². The summed E-state index contributed by atoms with van der Waals surface area (Å²) in [6.07, 6.45) is 3.62. The van der Waals surface area contributed by atoms with Gasteiger partial charge in [-0.25, -0.2) is 4.39 Å². The smallest absolute Gasteiger partial charge is 0.191 e. The first-order valence-electron chi connectivity index (χ1n) is 8.42. The SMILES string of the molecule is CCc1nncn1CCNC(=NC)NCCCSc1ccc(F)cc1.I. The minimum atomic E-state index is -0.196. The molecule has 0 bridgehead atoms. The van der Waals surface area contributed by atoms with Crippen molar-refractivity contribution in [1.29, 1.82) is 0 Å². The quantitative estimate of drug-likeness (QED) is 0.185. The Morgan fingerprint density at radius 3 is 2.65 bits per heavy atom. The molecule has 1 heterocycles. The Morgan fingerprint density at radius 2 is 1.96 bits per heavy atom. The van der Waals surface area contributed by atoms with Crippen LogP contribution >= 0.6 is 35.7 Å². The summed E-state index contributed by atoms with van der Waals surface area (Å²) in [5, 5.41) is 14.6. The van der Waals surface area contributed by atoms with E-state index in [1.807, 2.05) is 16.7 Å². The Bertz CT molecular complexity index is 662. The molecule has 0 aliphatic heterocycles. The standard InChI is InChI=1S/C17H25FN6S.HI/c1-3-16-23-22-13-24(16)11-10-21-17(19-2)20-9-4-12-25-15-7-5-14(18)6-8-15;/h5-8,13H,3-4,9-12H2,1-2H3,(H2,19,20,21);1H. The fraction of sp³-hybridized carbons (Fsp3) is 0.471. The molecule has 0 saturated carbocycles. The van der Waals surface area contributed by atoms with E-state index in [1.165, 1.54) is 12.1 Å². The Hall–Kier alpha value is -1.36. The average Bonchev–Trinajstić information content (AvgIpc) is 3.09. The lowest BCUT2D eigenvalue weighted by Crippen LogP contribution is -2.39. The summed E-state index contributed by atoms with van der Waals surface area (Å²) >= 11 is 1.72. The molecule has 26 heavy (non-hydrogen) atoms. The number of guanidine groups is 1. The van der Waals surface area contributed by atoms with Crippen molar-refractivity contribution in [3.63, 3.8) is 0 Å². The Kier molecular flexibility index (Phi) is 11.3. The predicted molar refractivity (Wildman–Crippen MR) is 116 cm³/mol. The summed E-state index contributed by atoms with van der Waals surface area (Å²) in [6, 6.07) is 6.60. The van der Waals surface area contributed by atoms with Gasteiger partial charge in [-0.15, -0.1) is 45.9 Å². The number of nitrogens with zero attached hydrogens (tertiary/aromatic N) is 4. The first-order chi connectivity index (χ1) is 12.2. The van der Waals surface area contributed by atoms with Crippen molar-refractivity contribution in [2.45, 2.75) is 31.2 Å². The number of hydrogen-bond acceptors (Lipinski definition) is 4. The van der Waals surface area contributed by atoms with E-state index in [9.17, 15) is 4.39 Å². The van der Waals surface area contributed by atoms with Crippen molar-refractivity contribution >= 4 is 41.7 Å². The fourth-order valence-corrected chi connectivity index (χ4v) is 3.11. The molecule has 2 aromatic rings. The highest BCUT2D eigenvalue weighted by atomic mass is 127. The third-order valence-corrected chi connectivity index (χ3v) is 4.67. The lowest BCUT2D eigenvalue weighted by molar-refractivity contribution is 0.626. The van der Waals surface area contributed by atoms with Gasteiger partial charge in [-0.2, -0.15) is 0 Å². The maximum Gasteiger partial charge on any atom is 0.191 e. The van der Waals surface area contributed by atoms with Crippen molar-refractivity contribution in [2.24, 2.45) is 4.99 Å². The van der Waals surface area contributed by atoms with Crippen molar-refractivity contribution in [2.75, 3.05) is 25.9 Å². The summed E-state index contributed by atoms with van der Waals surface area (Å²) in [5.74, 6) is 2.55. The molecule has 1 aromatic heterocycles. The minimum Gasteiger partial charge on any atom is -0.356 e. The van der Waals surface area contributed by atoms with Gasteiger partial charge in [-0.05, 0) is 36.4 Å². The third kappa shape index (κ3) is 7.90. The van der Waals surface area contributed by atoms with E-state index in [0.29, 0.717) is 0 Å². The number of aromatic nitrogens is 3. The van der Waals surface area contributed by atoms with Crippen LogP contribution in [0.1, 0.15) is 19.2 Å². The molecule has 1 aromatic carbocycles. The van der Waals surface area contributed by atoms with Gasteiger partial charge in [0.15, 0.2) is 5.96 Å². The van der Waals surface area contributed by atoms with Crippen LogP contribution in [0.25, 0.3) is 0 Å². The van der Waals surface area contributed by atoms with E-state index in [2.05, 4.69) is 32.7 Å². The third-order valence-electron chi connectivity index (χ3n) is 3.58. The zero-order valence-corrected chi connectivity index (χ0v) is 18.3. The van der Waals surface area contributed by atoms with Crippen LogP contribution in [-0.4, -0.2) is 46.6 Å². The van der Waals surface area contributed by atoms with Gasteiger partial charge in [0.25, 0.3) is 0 Å². The summed E-state index contributed by atoms with van der Waals surface area (Å²) in [7, 11) is 1.76. The van der Waals surface area contributed by atoms with Crippen LogP contribution in [0.4, 0.5) is 4.39 Å². The van der Waals surface area contributed by atoms with Gasteiger partial charge in [0.1, 0.15) is 18.0 Å². The highest BCUT2D eigenvalue weighted by Crippen LogP contribution is 2.18. The number of aryl methyl sites for hydroxylation is 1. The van der Waals surface area contributed by atoms with Gasteiger partial charge < -0.3 is 15.2 Å².